The van der Waals surface area contributed by atoms with E-state index in [1.165, 1.54) is 16.7 Å². The van der Waals surface area contributed by atoms with Crippen LogP contribution in [0.3, 0.4) is 0 Å². The summed E-state index contributed by atoms with van der Waals surface area (Å²) < 4.78 is -0.901. The molecule has 0 amide bonds. The highest BCUT2D eigenvalue weighted by Crippen LogP contribution is 2.32. The fourth-order valence-corrected chi connectivity index (χ4v) is 3.71. The number of aliphatic carboxylic acids is 1. The minimum absolute atomic E-state index is 0.0467. The van der Waals surface area contributed by atoms with Crippen molar-refractivity contribution < 1.29 is 14.7 Å². The molecular weight excluding hydrogens is 352 g/mol. The summed E-state index contributed by atoms with van der Waals surface area (Å²) in [5.41, 5.74) is 1.76. The summed E-state index contributed by atoms with van der Waals surface area (Å²) in [6.07, 6.45) is 11.7. The Kier molecular flexibility index (Phi) is 6.73. The van der Waals surface area contributed by atoms with Gasteiger partial charge in [-0.15, -0.1) is 23.5 Å². The van der Waals surface area contributed by atoms with Crippen LogP contribution in [0.4, 0.5) is 0 Å². The van der Waals surface area contributed by atoms with Gasteiger partial charge in [0, 0.05) is 10.5 Å². The molecule has 0 bridgehead atoms. The molecule has 0 aromatic heterocycles. The Labute approximate surface area is 157 Å². The summed E-state index contributed by atoms with van der Waals surface area (Å²) in [6.45, 7) is 3.33. The minimum atomic E-state index is -0.901. The molecule has 1 N–H and O–H groups in total. The molecule has 3 nitrogen and oxygen atoms in total. The summed E-state index contributed by atoms with van der Waals surface area (Å²) in [5, 5.41) is 9.18. The number of carbonyl (C=O) groups is 2. The smallest absolute Gasteiger partial charge is 0.319 e. The molecule has 0 saturated heterocycles. The summed E-state index contributed by atoms with van der Waals surface area (Å²) in [5.74, 6) is -0.908. The van der Waals surface area contributed by atoms with E-state index < -0.39 is 10.7 Å². The quantitative estimate of drug-likeness (QED) is 0.396. The third kappa shape index (κ3) is 5.65. The van der Waals surface area contributed by atoms with Gasteiger partial charge in [0.15, 0.2) is 5.78 Å². The first kappa shape index (κ1) is 19.6. The standard InChI is InChI=1S/C20H22O3S2/c1-20(2,19(22)23)25-17-11-7-15(8-12-17)18(21)13-6-14-4-9-16(24-3)10-5-14/h4,6-9,11-13H,5,10H2,1-3H3,(H,22,23)/b13-6+. The summed E-state index contributed by atoms with van der Waals surface area (Å²) in [4.78, 5) is 25.7. The van der Waals surface area contributed by atoms with Crippen LogP contribution < -0.4 is 0 Å². The molecule has 25 heavy (non-hydrogen) atoms. The molecule has 0 unspecified atom stereocenters. The number of carboxylic acids is 1. The molecule has 0 spiro atoms. The van der Waals surface area contributed by atoms with E-state index in [1.54, 1.807) is 56.0 Å². The van der Waals surface area contributed by atoms with Crippen molar-refractivity contribution in [2.24, 2.45) is 0 Å². The van der Waals surface area contributed by atoms with Crippen LogP contribution in [0.5, 0.6) is 0 Å². The molecule has 0 aliphatic heterocycles. The molecule has 1 aliphatic rings. The van der Waals surface area contributed by atoms with Crippen molar-refractivity contribution in [3.63, 3.8) is 0 Å². The van der Waals surface area contributed by atoms with Crippen molar-refractivity contribution in [2.75, 3.05) is 6.26 Å². The number of hydrogen-bond donors (Lipinski definition) is 1. The van der Waals surface area contributed by atoms with Crippen LogP contribution >= 0.6 is 23.5 Å². The predicted molar refractivity (Wildman–Crippen MR) is 106 cm³/mol. The molecular formula is C20H22O3S2. The van der Waals surface area contributed by atoms with Crippen LogP contribution in [-0.4, -0.2) is 27.9 Å². The van der Waals surface area contributed by atoms with Gasteiger partial charge in [0.25, 0.3) is 0 Å². The maximum atomic E-state index is 12.3. The van der Waals surface area contributed by atoms with Crippen molar-refractivity contribution >= 4 is 35.3 Å². The normalized spacial score (nSPS) is 15.0. The molecule has 0 radical (unpaired) electrons. The topological polar surface area (TPSA) is 54.4 Å². The average Bonchev–Trinajstić information content (AvgIpc) is 2.60. The van der Waals surface area contributed by atoms with Crippen molar-refractivity contribution in [3.8, 4) is 0 Å². The summed E-state index contributed by atoms with van der Waals surface area (Å²) >= 11 is 3.03. The zero-order chi connectivity index (χ0) is 18.4. The number of allylic oxidation sites excluding steroid dienone is 6. The van der Waals surface area contributed by atoms with Crippen LogP contribution in [0, 0.1) is 0 Å². The van der Waals surface area contributed by atoms with Gasteiger partial charge in [-0.05, 0) is 73.8 Å². The second-order valence-electron chi connectivity index (χ2n) is 6.22. The average molecular weight is 375 g/mol. The molecule has 0 fully saturated rings. The number of carboxylic acid groups (broad SMARTS) is 1. The van der Waals surface area contributed by atoms with Crippen LogP contribution in [0.25, 0.3) is 0 Å². The van der Waals surface area contributed by atoms with Crippen molar-refractivity contribution in [3.05, 3.63) is 64.6 Å². The zero-order valence-electron chi connectivity index (χ0n) is 14.6. The lowest BCUT2D eigenvalue weighted by Crippen LogP contribution is -2.26. The Balaban J connectivity index is 2.01. The van der Waals surface area contributed by atoms with Gasteiger partial charge >= 0.3 is 5.97 Å². The monoisotopic (exact) mass is 374 g/mol. The first-order chi connectivity index (χ1) is 11.8. The molecule has 0 atom stereocenters. The Bertz CT molecular complexity index is 741. The van der Waals surface area contributed by atoms with E-state index in [9.17, 15) is 14.7 Å². The van der Waals surface area contributed by atoms with E-state index in [-0.39, 0.29) is 5.78 Å². The van der Waals surface area contributed by atoms with E-state index in [1.807, 2.05) is 6.08 Å². The lowest BCUT2D eigenvalue weighted by atomic mass is 10.0. The molecule has 2 rings (SSSR count). The van der Waals surface area contributed by atoms with E-state index in [2.05, 4.69) is 18.4 Å². The van der Waals surface area contributed by atoms with E-state index >= 15 is 0 Å². The molecule has 1 aliphatic carbocycles. The van der Waals surface area contributed by atoms with E-state index in [0.717, 1.165) is 23.3 Å². The van der Waals surface area contributed by atoms with E-state index in [0.29, 0.717) is 5.56 Å². The van der Waals surface area contributed by atoms with Gasteiger partial charge in [-0.2, -0.15) is 0 Å². The minimum Gasteiger partial charge on any atom is -0.480 e. The fourth-order valence-electron chi connectivity index (χ4n) is 2.25. The number of rotatable bonds is 7. The van der Waals surface area contributed by atoms with Gasteiger partial charge in [-0.1, -0.05) is 18.2 Å². The highest BCUT2D eigenvalue weighted by Gasteiger charge is 2.28. The first-order valence-electron chi connectivity index (χ1n) is 8.00. The van der Waals surface area contributed by atoms with Gasteiger partial charge in [-0.3, -0.25) is 9.59 Å². The second-order valence-corrected chi connectivity index (χ2v) is 8.85. The lowest BCUT2D eigenvalue weighted by molar-refractivity contribution is -0.138. The van der Waals surface area contributed by atoms with E-state index in [4.69, 9.17) is 0 Å². The molecule has 0 heterocycles. The molecule has 132 valence electrons. The van der Waals surface area contributed by atoms with Gasteiger partial charge in [0.2, 0.25) is 0 Å². The highest BCUT2D eigenvalue weighted by atomic mass is 32.2. The SMILES string of the molecule is CSC1=CC=C(/C=C/C(=O)c2ccc(SC(C)(C)C(=O)O)cc2)CC1. The third-order valence-corrected chi connectivity index (χ3v) is 5.94. The number of carbonyl (C=O) groups excluding carboxylic acids is 1. The fraction of sp³-hybridized carbons (Fsp3) is 0.300. The van der Waals surface area contributed by atoms with Crippen molar-refractivity contribution in [2.45, 2.75) is 36.3 Å². The maximum Gasteiger partial charge on any atom is 0.319 e. The van der Waals surface area contributed by atoms with Crippen LogP contribution in [0.1, 0.15) is 37.0 Å². The van der Waals surface area contributed by atoms with Crippen molar-refractivity contribution in [1.29, 1.82) is 0 Å². The maximum absolute atomic E-state index is 12.3. The molecule has 5 heteroatoms. The summed E-state index contributed by atoms with van der Waals surface area (Å²) in [7, 11) is 0. The van der Waals surface area contributed by atoms with Gasteiger partial charge in [-0.25, -0.2) is 0 Å². The van der Waals surface area contributed by atoms with Gasteiger partial charge in [0.05, 0.1) is 0 Å². The van der Waals surface area contributed by atoms with Crippen molar-refractivity contribution in [1.82, 2.24) is 0 Å². The molecule has 1 aromatic carbocycles. The van der Waals surface area contributed by atoms with Crippen LogP contribution in [0.15, 0.2) is 63.9 Å². The number of thioether (sulfide) groups is 2. The largest absolute Gasteiger partial charge is 0.480 e. The number of benzene rings is 1. The Morgan fingerprint density at radius 2 is 1.80 bits per heavy atom. The molecule has 0 saturated carbocycles. The lowest BCUT2D eigenvalue weighted by Gasteiger charge is -2.18. The summed E-state index contributed by atoms with van der Waals surface area (Å²) in [6, 6.07) is 7.08. The predicted octanol–water partition coefficient (Wildman–Crippen LogP) is 5.35. The Hall–Kier alpha value is -1.72. The third-order valence-electron chi connectivity index (χ3n) is 3.88. The number of ketones is 1. The van der Waals surface area contributed by atoms with Crippen LogP contribution in [-0.2, 0) is 4.79 Å². The number of hydrogen-bond acceptors (Lipinski definition) is 4. The zero-order valence-corrected chi connectivity index (χ0v) is 16.2. The Morgan fingerprint density at radius 3 is 2.32 bits per heavy atom. The van der Waals surface area contributed by atoms with Crippen LogP contribution in [0.2, 0.25) is 0 Å². The highest BCUT2D eigenvalue weighted by molar-refractivity contribution is 8.02. The van der Waals surface area contributed by atoms with Gasteiger partial charge in [0.1, 0.15) is 4.75 Å². The first-order valence-corrected chi connectivity index (χ1v) is 10.0. The molecule has 1 aromatic rings. The van der Waals surface area contributed by atoms with Gasteiger partial charge < -0.3 is 5.11 Å². The Morgan fingerprint density at radius 1 is 1.12 bits per heavy atom. The second kappa shape index (κ2) is 8.59.